The highest BCUT2D eigenvalue weighted by atomic mass is 32.2. The van der Waals surface area contributed by atoms with Gasteiger partial charge in [-0.25, -0.2) is 0 Å². The molecular weight excluding hydrogens is 380 g/mol. The molecule has 3 rings (SSSR count). The van der Waals surface area contributed by atoms with E-state index < -0.39 is 0 Å². The van der Waals surface area contributed by atoms with Gasteiger partial charge in [-0.3, -0.25) is 0 Å². The van der Waals surface area contributed by atoms with Crippen LogP contribution in [0.5, 0.6) is 0 Å². The average Bonchev–Trinajstić information content (AvgIpc) is 3.27. The van der Waals surface area contributed by atoms with Gasteiger partial charge in [-0.05, 0) is 11.1 Å². The molecule has 0 atom stereocenters. The molecule has 0 aliphatic rings. The summed E-state index contributed by atoms with van der Waals surface area (Å²) in [5.41, 5.74) is 2.57. The van der Waals surface area contributed by atoms with Gasteiger partial charge in [0, 0.05) is 25.6 Å². The Hall–Kier alpha value is -1.36. The zero-order valence-corrected chi connectivity index (χ0v) is 16.4. The Labute approximate surface area is 156 Å². The van der Waals surface area contributed by atoms with Crippen LogP contribution in [0.4, 0.5) is 10.3 Å². The van der Waals surface area contributed by atoms with Crippen molar-refractivity contribution in [3.05, 3.63) is 35.4 Å². The molecule has 0 radical (unpaired) electrons. The zero-order chi connectivity index (χ0) is 16.8. The fourth-order valence-corrected chi connectivity index (χ4v) is 5.13. The summed E-state index contributed by atoms with van der Waals surface area (Å²) in [4.78, 5) is 0. The largest absolute Gasteiger partial charge is 0.363 e. The van der Waals surface area contributed by atoms with Crippen molar-refractivity contribution in [1.82, 2.24) is 20.4 Å². The summed E-state index contributed by atoms with van der Waals surface area (Å²) in [6, 6.07) is 8.63. The quantitative estimate of drug-likeness (QED) is 0.552. The van der Waals surface area contributed by atoms with Gasteiger partial charge >= 0.3 is 0 Å². The van der Waals surface area contributed by atoms with Gasteiger partial charge < -0.3 is 10.6 Å². The molecule has 0 bridgehead atoms. The van der Waals surface area contributed by atoms with Gasteiger partial charge in [0.05, 0.1) is 0 Å². The van der Waals surface area contributed by atoms with E-state index in [0.29, 0.717) is 0 Å². The van der Waals surface area contributed by atoms with Crippen LogP contribution in [0.3, 0.4) is 0 Å². The number of nitrogens with one attached hydrogen (secondary N) is 2. The van der Waals surface area contributed by atoms with Crippen LogP contribution in [0.15, 0.2) is 32.9 Å². The summed E-state index contributed by atoms with van der Waals surface area (Å²) in [6.07, 6.45) is 0. The topological polar surface area (TPSA) is 75.6 Å². The molecule has 24 heavy (non-hydrogen) atoms. The van der Waals surface area contributed by atoms with Crippen LogP contribution < -0.4 is 10.6 Å². The number of thioether (sulfide) groups is 2. The number of aromatic nitrogens is 4. The summed E-state index contributed by atoms with van der Waals surface area (Å²) in [5.74, 6) is 1.78. The Kier molecular flexibility index (Phi) is 6.30. The van der Waals surface area contributed by atoms with Crippen molar-refractivity contribution >= 4 is 56.5 Å². The average molecular weight is 397 g/mol. The van der Waals surface area contributed by atoms with E-state index in [0.717, 1.165) is 30.4 Å². The monoisotopic (exact) mass is 396 g/mol. The third kappa shape index (κ3) is 4.82. The van der Waals surface area contributed by atoms with Crippen molar-refractivity contribution in [2.75, 3.05) is 24.7 Å². The number of nitrogens with zero attached hydrogens (tertiary/aromatic N) is 4. The van der Waals surface area contributed by atoms with Crippen molar-refractivity contribution in [3.63, 3.8) is 0 Å². The first-order valence-corrected chi connectivity index (χ1v) is 10.7. The molecule has 2 heterocycles. The normalized spacial score (nSPS) is 10.8. The zero-order valence-electron chi connectivity index (χ0n) is 13.1. The van der Waals surface area contributed by atoms with Crippen molar-refractivity contribution in [3.8, 4) is 0 Å². The molecule has 0 amide bonds. The van der Waals surface area contributed by atoms with Crippen LogP contribution in [0.2, 0.25) is 0 Å². The Morgan fingerprint density at radius 2 is 1.33 bits per heavy atom. The molecule has 126 valence electrons. The van der Waals surface area contributed by atoms with Gasteiger partial charge in [-0.2, -0.15) is 0 Å². The van der Waals surface area contributed by atoms with Gasteiger partial charge in [0.15, 0.2) is 8.68 Å². The van der Waals surface area contributed by atoms with E-state index in [2.05, 4.69) is 55.3 Å². The van der Waals surface area contributed by atoms with E-state index in [-0.39, 0.29) is 0 Å². The second kappa shape index (κ2) is 8.65. The van der Waals surface area contributed by atoms with E-state index in [1.807, 2.05) is 14.1 Å². The number of hydrogen-bond acceptors (Lipinski definition) is 10. The predicted octanol–water partition coefficient (Wildman–Crippen LogP) is 4.06. The highest BCUT2D eigenvalue weighted by Gasteiger charge is 2.06. The highest BCUT2D eigenvalue weighted by Crippen LogP contribution is 2.30. The Morgan fingerprint density at radius 3 is 1.75 bits per heavy atom. The molecule has 3 aromatic rings. The van der Waals surface area contributed by atoms with Gasteiger partial charge in [0.1, 0.15) is 0 Å². The molecule has 2 N–H and O–H groups in total. The van der Waals surface area contributed by atoms with E-state index in [1.54, 1.807) is 46.2 Å². The third-order valence-electron chi connectivity index (χ3n) is 2.96. The lowest BCUT2D eigenvalue weighted by atomic mass is 10.2. The second-order valence-electron chi connectivity index (χ2n) is 4.64. The minimum atomic E-state index is 0.848. The summed E-state index contributed by atoms with van der Waals surface area (Å²) >= 11 is 6.57. The van der Waals surface area contributed by atoms with Gasteiger partial charge in [0.2, 0.25) is 10.3 Å². The Morgan fingerprint density at radius 1 is 0.833 bits per heavy atom. The lowest BCUT2D eigenvalue weighted by molar-refractivity contribution is 1.01. The SMILES string of the molecule is CNc1nnc(SCc2cccc(CSc3nnc(NC)s3)c2)s1. The maximum atomic E-state index is 4.16. The molecule has 10 heteroatoms. The van der Waals surface area contributed by atoms with Crippen LogP contribution in [-0.2, 0) is 11.5 Å². The fourth-order valence-electron chi connectivity index (χ4n) is 1.84. The van der Waals surface area contributed by atoms with Crippen molar-refractivity contribution in [1.29, 1.82) is 0 Å². The summed E-state index contributed by atoms with van der Waals surface area (Å²) < 4.78 is 1.96. The summed E-state index contributed by atoms with van der Waals surface area (Å²) in [7, 11) is 3.71. The van der Waals surface area contributed by atoms with Crippen LogP contribution in [0.1, 0.15) is 11.1 Å². The molecule has 0 saturated heterocycles. The van der Waals surface area contributed by atoms with E-state index in [4.69, 9.17) is 0 Å². The molecule has 2 aromatic heterocycles. The number of anilines is 2. The van der Waals surface area contributed by atoms with E-state index >= 15 is 0 Å². The van der Waals surface area contributed by atoms with Crippen molar-refractivity contribution in [2.24, 2.45) is 0 Å². The molecule has 0 spiro atoms. The predicted molar refractivity (Wildman–Crippen MR) is 104 cm³/mol. The Bertz CT molecular complexity index is 725. The lowest BCUT2D eigenvalue weighted by Gasteiger charge is -2.03. The summed E-state index contributed by atoms with van der Waals surface area (Å²) in [6.45, 7) is 0. The minimum Gasteiger partial charge on any atom is -0.363 e. The van der Waals surface area contributed by atoms with Gasteiger partial charge in [-0.1, -0.05) is 70.5 Å². The number of hydrogen-bond donors (Lipinski definition) is 2. The fraction of sp³-hybridized carbons (Fsp3) is 0.286. The van der Waals surface area contributed by atoms with Crippen LogP contribution in [0, 0.1) is 0 Å². The molecule has 0 saturated carbocycles. The van der Waals surface area contributed by atoms with Gasteiger partial charge in [-0.15, -0.1) is 20.4 Å². The third-order valence-corrected chi connectivity index (χ3v) is 7.25. The van der Waals surface area contributed by atoms with Crippen LogP contribution in [-0.4, -0.2) is 34.5 Å². The highest BCUT2D eigenvalue weighted by molar-refractivity contribution is 8.00. The van der Waals surface area contributed by atoms with Crippen LogP contribution >= 0.6 is 46.2 Å². The maximum absolute atomic E-state index is 4.16. The number of benzene rings is 1. The standard InChI is InChI=1S/C14H16N6S4/c1-15-11-17-19-13(23-11)21-7-9-4-3-5-10(6-9)8-22-14-20-18-12(16-2)24-14/h3-6H,7-8H2,1-2H3,(H,15,17)(H,16,18). The van der Waals surface area contributed by atoms with Gasteiger partial charge in [0.25, 0.3) is 0 Å². The number of rotatable bonds is 8. The molecule has 0 unspecified atom stereocenters. The first-order chi connectivity index (χ1) is 11.8. The minimum absolute atomic E-state index is 0.848. The molecular formula is C14H16N6S4. The molecule has 0 aliphatic carbocycles. The molecule has 1 aromatic carbocycles. The maximum Gasteiger partial charge on any atom is 0.206 e. The first kappa shape index (κ1) is 17.5. The second-order valence-corrected chi connectivity index (χ2v) is 9.04. The molecule has 6 nitrogen and oxygen atoms in total. The van der Waals surface area contributed by atoms with E-state index in [1.165, 1.54) is 11.1 Å². The van der Waals surface area contributed by atoms with Crippen LogP contribution in [0.25, 0.3) is 0 Å². The van der Waals surface area contributed by atoms with Crippen molar-refractivity contribution in [2.45, 2.75) is 20.2 Å². The Balaban J connectivity index is 1.55. The van der Waals surface area contributed by atoms with Crippen molar-refractivity contribution < 1.29 is 0 Å². The first-order valence-electron chi connectivity index (χ1n) is 7.12. The lowest BCUT2D eigenvalue weighted by Crippen LogP contribution is -1.86. The van der Waals surface area contributed by atoms with E-state index in [9.17, 15) is 0 Å². The smallest absolute Gasteiger partial charge is 0.206 e. The summed E-state index contributed by atoms with van der Waals surface area (Å²) in [5, 5.41) is 24.1. The molecule has 0 aliphatic heterocycles. The molecule has 0 fully saturated rings.